The molecule has 2 N–H and O–H groups in total. The lowest BCUT2D eigenvalue weighted by Gasteiger charge is -2.10. The molecule has 0 radical (unpaired) electrons. The van der Waals surface area contributed by atoms with Gasteiger partial charge in [0.25, 0.3) is 0 Å². The summed E-state index contributed by atoms with van der Waals surface area (Å²) in [6, 6.07) is 2.83. The Morgan fingerprint density at radius 1 is 1.31 bits per heavy atom. The van der Waals surface area contributed by atoms with Crippen LogP contribution < -0.4 is 14.8 Å². The van der Waals surface area contributed by atoms with Crippen molar-refractivity contribution in [1.29, 1.82) is 0 Å². The number of phenols is 1. The van der Waals surface area contributed by atoms with Gasteiger partial charge < -0.3 is 19.9 Å². The number of carbonyl (C=O) groups excluding carboxylic acids is 1. The second kappa shape index (κ2) is 5.37. The molecule has 0 bridgehead atoms. The van der Waals surface area contributed by atoms with Gasteiger partial charge in [-0.05, 0) is 13.1 Å². The zero-order chi connectivity index (χ0) is 12.1. The lowest BCUT2D eigenvalue weighted by molar-refractivity contribution is 0.0990. The van der Waals surface area contributed by atoms with Crippen molar-refractivity contribution in [2.45, 2.75) is 0 Å². The normalized spacial score (nSPS) is 9.94. The Morgan fingerprint density at radius 2 is 1.88 bits per heavy atom. The second-order valence-electron chi connectivity index (χ2n) is 3.18. The predicted octanol–water partition coefficient (Wildman–Crippen LogP) is 0.812. The third-order valence-corrected chi connectivity index (χ3v) is 2.14. The first kappa shape index (κ1) is 12.3. The molecular weight excluding hydrogens is 210 g/mol. The molecule has 0 unspecified atom stereocenters. The van der Waals surface area contributed by atoms with Gasteiger partial charge in [0.05, 0.1) is 26.3 Å². The molecule has 1 rings (SSSR count). The summed E-state index contributed by atoms with van der Waals surface area (Å²) >= 11 is 0. The quantitative estimate of drug-likeness (QED) is 0.726. The molecular formula is C11H15NO4. The fraction of sp³-hybridized carbons (Fsp3) is 0.364. The van der Waals surface area contributed by atoms with Crippen LogP contribution in [0.5, 0.6) is 17.2 Å². The highest BCUT2D eigenvalue weighted by atomic mass is 16.5. The molecule has 1 aromatic rings. The van der Waals surface area contributed by atoms with Gasteiger partial charge in [0.2, 0.25) is 0 Å². The zero-order valence-electron chi connectivity index (χ0n) is 9.53. The average Bonchev–Trinajstić information content (AvgIpc) is 2.28. The summed E-state index contributed by atoms with van der Waals surface area (Å²) in [4.78, 5) is 11.6. The number of nitrogens with one attached hydrogen (secondary N) is 1. The molecule has 0 spiro atoms. The first-order valence-electron chi connectivity index (χ1n) is 4.76. The van der Waals surface area contributed by atoms with E-state index in [9.17, 15) is 9.90 Å². The number of phenolic OH excluding ortho intramolecular Hbond substituents is 1. The zero-order valence-corrected chi connectivity index (χ0v) is 9.53. The van der Waals surface area contributed by atoms with Crippen molar-refractivity contribution < 1.29 is 19.4 Å². The van der Waals surface area contributed by atoms with Crippen molar-refractivity contribution in [1.82, 2.24) is 5.32 Å². The Kier molecular flexibility index (Phi) is 4.13. The number of aromatic hydroxyl groups is 1. The van der Waals surface area contributed by atoms with Crippen molar-refractivity contribution in [3.05, 3.63) is 17.7 Å². The van der Waals surface area contributed by atoms with E-state index >= 15 is 0 Å². The number of likely N-dealkylation sites (N-methyl/N-ethyl adjacent to an activating group) is 1. The Labute approximate surface area is 94.0 Å². The molecule has 5 nitrogen and oxygen atoms in total. The minimum absolute atomic E-state index is 0.113. The third-order valence-electron chi connectivity index (χ3n) is 2.14. The van der Waals surface area contributed by atoms with Crippen LogP contribution in [0.2, 0.25) is 0 Å². The Bertz CT molecular complexity index is 390. The highest BCUT2D eigenvalue weighted by molar-refractivity contribution is 6.00. The highest BCUT2D eigenvalue weighted by Gasteiger charge is 2.15. The number of ether oxygens (including phenoxy) is 2. The Balaban J connectivity index is 3.15. The lowest BCUT2D eigenvalue weighted by atomic mass is 10.1. The molecule has 0 heterocycles. The SMILES string of the molecule is CNCC(=O)c1cc(OC)c(OC)cc1O. The van der Waals surface area contributed by atoms with Gasteiger partial charge in [-0.1, -0.05) is 0 Å². The second-order valence-corrected chi connectivity index (χ2v) is 3.18. The molecule has 16 heavy (non-hydrogen) atoms. The Morgan fingerprint density at radius 3 is 2.38 bits per heavy atom. The summed E-state index contributed by atoms with van der Waals surface area (Å²) < 4.78 is 10.1. The van der Waals surface area contributed by atoms with E-state index in [4.69, 9.17) is 9.47 Å². The number of benzene rings is 1. The molecule has 5 heteroatoms. The smallest absolute Gasteiger partial charge is 0.180 e. The molecule has 0 amide bonds. The topological polar surface area (TPSA) is 67.8 Å². The monoisotopic (exact) mass is 225 g/mol. The number of rotatable bonds is 5. The van der Waals surface area contributed by atoms with Gasteiger partial charge in [0.1, 0.15) is 5.75 Å². The van der Waals surface area contributed by atoms with E-state index in [0.29, 0.717) is 11.5 Å². The summed E-state index contributed by atoms with van der Waals surface area (Å²) in [6.07, 6.45) is 0. The molecule has 0 aliphatic carbocycles. The first-order chi connectivity index (χ1) is 7.63. The maximum Gasteiger partial charge on any atom is 0.180 e. The van der Waals surface area contributed by atoms with Crippen LogP contribution in [0.4, 0.5) is 0 Å². The molecule has 0 aliphatic heterocycles. The lowest BCUT2D eigenvalue weighted by Crippen LogP contribution is -2.18. The summed E-state index contributed by atoms with van der Waals surface area (Å²) in [7, 11) is 4.60. The van der Waals surface area contributed by atoms with E-state index in [0.717, 1.165) is 0 Å². The molecule has 0 saturated carbocycles. The van der Waals surface area contributed by atoms with Crippen LogP contribution in [-0.4, -0.2) is 38.7 Å². The summed E-state index contributed by atoms with van der Waals surface area (Å²) in [5.41, 5.74) is 0.215. The molecule has 0 aromatic heterocycles. The van der Waals surface area contributed by atoms with Crippen LogP contribution in [0.1, 0.15) is 10.4 Å². The number of Topliss-reactive ketones (excluding diaryl/α,β-unsaturated/α-hetero) is 1. The summed E-state index contributed by atoms with van der Waals surface area (Å²) in [5.74, 6) is 0.486. The van der Waals surface area contributed by atoms with E-state index < -0.39 is 0 Å². The molecule has 0 aliphatic rings. The largest absolute Gasteiger partial charge is 0.507 e. The molecule has 0 saturated heterocycles. The van der Waals surface area contributed by atoms with Crippen molar-refractivity contribution in [2.24, 2.45) is 0 Å². The van der Waals surface area contributed by atoms with Crippen LogP contribution in [0.3, 0.4) is 0 Å². The van der Waals surface area contributed by atoms with Crippen LogP contribution in [0, 0.1) is 0 Å². The van der Waals surface area contributed by atoms with Gasteiger partial charge in [0, 0.05) is 6.07 Å². The molecule has 0 fully saturated rings. The van der Waals surface area contributed by atoms with E-state index in [1.54, 1.807) is 7.05 Å². The first-order valence-corrected chi connectivity index (χ1v) is 4.76. The van der Waals surface area contributed by atoms with Gasteiger partial charge in [0.15, 0.2) is 17.3 Å². The number of methoxy groups -OCH3 is 2. The van der Waals surface area contributed by atoms with Crippen molar-refractivity contribution in [3.8, 4) is 17.2 Å². The molecule has 0 atom stereocenters. The van der Waals surface area contributed by atoms with Crippen LogP contribution in [-0.2, 0) is 0 Å². The Hall–Kier alpha value is -1.75. The van der Waals surface area contributed by atoms with E-state index in [1.165, 1.54) is 26.4 Å². The predicted molar refractivity (Wildman–Crippen MR) is 59.5 cm³/mol. The van der Waals surface area contributed by atoms with Crippen LogP contribution in [0.25, 0.3) is 0 Å². The minimum Gasteiger partial charge on any atom is -0.507 e. The standard InChI is InChI=1S/C11H15NO4/c1-12-6-9(14)7-4-10(15-2)11(16-3)5-8(7)13/h4-5,12-13H,6H2,1-3H3. The van der Waals surface area contributed by atoms with Gasteiger partial charge in [-0.25, -0.2) is 0 Å². The fourth-order valence-electron chi connectivity index (χ4n) is 1.35. The van der Waals surface area contributed by atoms with Crippen molar-refractivity contribution >= 4 is 5.78 Å². The van der Waals surface area contributed by atoms with E-state index in [2.05, 4.69) is 5.32 Å². The van der Waals surface area contributed by atoms with Gasteiger partial charge in [-0.2, -0.15) is 0 Å². The van der Waals surface area contributed by atoms with E-state index in [-0.39, 0.29) is 23.6 Å². The molecule has 1 aromatic carbocycles. The van der Waals surface area contributed by atoms with Crippen molar-refractivity contribution in [3.63, 3.8) is 0 Å². The van der Waals surface area contributed by atoms with E-state index in [1.807, 2.05) is 0 Å². The van der Waals surface area contributed by atoms with Crippen LogP contribution >= 0.6 is 0 Å². The fourth-order valence-corrected chi connectivity index (χ4v) is 1.35. The summed E-state index contributed by atoms with van der Waals surface area (Å²) in [5, 5.41) is 12.4. The third kappa shape index (κ3) is 2.43. The van der Waals surface area contributed by atoms with Gasteiger partial charge in [-0.15, -0.1) is 0 Å². The van der Waals surface area contributed by atoms with Gasteiger partial charge in [-0.3, -0.25) is 4.79 Å². The molecule has 88 valence electrons. The maximum atomic E-state index is 11.6. The number of hydrogen-bond donors (Lipinski definition) is 2. The number of ketones is 1. The maximum absolute atomic E-state index is 11.6. The number of hydrogen-bond acceptors (Lipinski definition) is 5. The highest BCUT2D eigenvalue weighted by Crippen LogP contribution is 2.33. The van der Waals surface area contributed by atoms with Gasteiger partial charge >= 0.3 is 0 Å². The summed E-state index contributed by atoms with van der Waals surface area (Å²) in [6.45, 7) is 0.156. The van der Waals surface area contributed by atoms with Crippen molar-refractivity contribution in [2.75, 3.05) is 27.8 Å². The van der Waals surface area contributed by atoms with Crippen LogP contribution in [0.15, 0.2) is 12.1 Å². The minimum atomic E-state index is -0.207. The average molecular weight is 225 g/mol. The number of carbonyl (C=O) groups is 1.